The van der Waals surface area contributed by atoms with Gasteiger partial charge in [0.15, 0.2) is 0 Å². The van der Waals surface area contributed by atoms with Gasteiger partial charge in [-0.1, -0.05) is 30.3 Å². The Balaban J connectivity index is 1.86. The number of carbonyl (C=O) groups is 1. The number of nitrogens with one attached hydrogen (secondary N) is 2. The van der Waals surface area contributed by atoms with E-state index in [0.717, 1.165) is 22.7 Å². The van der Waals surface area contributed by atoms with Crippen molar-refractivity contribution in [3.8, 4) is 11.5 Å². The molecule has 0 aliphatic rings. The molecule has 0 fully saturated rings. The molecule has 5 nitrogen and oxygen atoms in total. The summed E-state index contributed by atoms with van der Waals surface area (Å²) >= 11 is 0. The van der Waals surface area contributed by atoms with Crippen molar-refractivity contribution in [1.82, 2.24) is 5.32 Å². The molecule has 0 bridgehead atoms. The van der Waals surface area contributed by atoms with E-state index in [1.807, 2.05) is 55.5 Å². The summed E-state index contributed by atoms with van der Waals surface area (Å²) in [5, 5.41) is 5.97. The summed E-state index contributed by atoms with van der Waals surface area (Å²) in [4.78, 5) is 12.0. The van der Waals surface area contributed by atoms with Crippen LogP contribution in [0.5, 0.6) is 11.5 Å². The van der Waals surface area contributed by atoms with Gasteiger partial charge in [-0.3, -0.25) is 4.79 Å². The van der Waals surface area contributed by atoms with Crippen molar-refractivity contribution in [3.63, 3.8) is 0 Å². The molecule has 5 heteroatoms. The minimum absolute atomic E-state index is 0.0952. The summed E-state index contributed by atoms with van der Waals surface area (Å²) in [6.45, 7) is 3.12. The molecule has 2 aromatic carbocycles. The Morgan fingerprint density at radius 2 is 1.74 bits per heavy atom. The van der Waals surface area contributed by atoms with Gasteiger partial charge in [0.2, 0.25) is 5.91 Å². The van der Waals surface area contributed by atoms with Crippen LogP contribution in [0.4, 0.5) is 5.69 Å². The fraction of sp³-hybridized carbons (Fsp3) is 0.278. The Labute approximate surface area is 136 Å². The van der Waals surface area contributed by atoms with Gasteiger partial charge in [0.1, 0.15) is 11.5 Å². The lowest BCUT2D eigenvalue weighted by Crippen LogP contribution is -2.29. The summed E-state index contributed by atoms with van der Waals surface area (Å²) in [7, 11) is 1.62. The SMILES string of the molecule is CCOc1ccccc1NCC(=O)NCc1ccccc1OC. The van der Waals surface area contributed by atoms with Crippen molar-refractivity contribution in [1.29, 1.82) is 0 Å². The largest absolute Gasteiger partial charge is 0.496 e. The number of hydrogen-bond donors (Lipinski definition) is 2. The van der Waals surface area contributed by atoms with E-state index < -0.39 is 0 Å². The fourth-order valence-electron chi connectivity index (χ4n) is 2.17. The summed E-state index contributed by atoms with van der Waals surface area (Å²) < 4.78 is 10.8. The lowest BCUT2D eigenvalue weighted by atomic mass is 10.2. The van der Waals surface area contributed by atoms with Gasteiger partial charge in [-0.15, -0.1) is 0 Å². The van der Waals surface area contributed by atoms with Crippen molar-refractivity contribution in [2.75, 3.05) is 25.6 Å². The third-order valence-electron chi connectivity index (χ3n) is 3.29. The van der Waals surface area contributed by atoms with Crippen LogP contribution < -0.4 is 20.1 Å². The fourth-order valence-corrected chi connectivity index (χ4v) is 2.17. The Kier molecular flexibility index (Phi) is 6.29. The zero-order valence-corrected chi connectivity index (χ0v) is 13.5. The minimum atomic E-state index is -0.0952. The van der Waals surface area contributed by atoms with Crippen LogP contribution >= 0.6 is 0 Å². The molecule has 2 rings (SSSR count). The van der Waals surface area contributed by atoms with Gasteiger partial charge in [-0.2, -0.15) is 0 Å². The van der Waals surface area contributed by atoms with Gasteiger partial charge in [0.05, 0.1) is 25.9 Å². The molecule has 1 amide bonds. The average molecular weight is 314 g/mol. The van der Waals surface area contributed by atoms with Gasteiger partial charge < -0.3 is 20.1 Å². The van der Waals surface area contributed by atoms with Crippen LogP contribution in [-0.4, -0.2) is 26.2 Å². The predicted molar refractivity (Wildman–Crippen MR) is 90.9 cm³/mol. The third kappa shape index (κ3) is 4.92. The highest BCUT2D eigenvalue weighted by molar-refractivity contribution is 5.81. The van der Waals surface area contributed by atoms with Crippen molar-refractivity contribution in [2.45, 2.75) is 13.5 Å². The van der Waals surface area contributed by atoms with E-state index in [1.165, 1.54) is 0 Å². The molecule has 122 valence electrons. The number of benzene rings is 2. The summed E-state index contributed by atoms with van der Waals surface area (Å²) in [5.74, 6) is 1.41. The second kappa shape index (κ2) is 8.68. The predicted octanol–water partition coefficient (Wildman–Crippen LogP) is 2.82. The molecular weight excluding hydrogens is 292 g/mol. The molecule has 0 aromatic heterocycles. The highest BCUT2D eigenvalue weighted by atomic mass is 16.5. The first-order valence-electron chi connectivity index (χ1n) is 7.59. The number of methoxy groups -OCH3 is 1. The third-order valence-corrected chi connectivity index (χ3v) is 3.29. The number of carbonyl (C=O) groups excluding carboxylic acids is 1. The Morgan fingerprint density at radius 1 is 1.04 bits per heavy atom. The van der Waals surface area contributed by atoms with Crippen LogP contribution in [0.3, 0.4) is 0 Å². The quantitative estimate of drug-likeness (QED) is 0.786. The first-order chi connectivity index (χ1) is 11.2. The van der Waals surface area contributed by atoms with Crippen LogP contribution in [0.25, 0.3) is 0 Å². The smallest absolute Gasteiger partial charge is 0.239 e. The van der Waals surface area contributed by atoms with E-state index in [-0.39, 0.29) is 12.5 Å². The van der Waals surface area contributed by atoms with Crippen LogP contribution in [-0.2, 0) is 11.3 Å². The van der Waals surface area contributed by atoms with Crippen molar-refractivity contribution < 1.29 is 14.3 Å². The Hall–Kier alpha value is -2.69. The summed E-state index contributed by atoms with van der Waals surface area (Å²) in [6, 6.07) is 15.2. The van der Waals surface area contributed by atoms with Gasteiger partial charge in [0, 0.05) is 12.1 Å². The monoisotopic (exact) mass is 314 g/mol. The number of amides is 1. The van der Waals surface area contributed by atoms with E-state index in [1.54, 1.807) is 7.11 Å². The van der Waals surface area contributed by atoms with Gasteiger partial charge in [0.25, 0.3) is 0 Å². The molecular formula is C18H22N2O3. The molecule has 2 N–H and O–H groups in total. The maximum atomic E-state index is 12.0. The van der Waals surface area contributed by atoms with E-state index in [0.29, 0.717) is 13.2 Å². The van der Waals surface area contributed by atoms with E-state index in [4.69, 9.17) is 9.47 Å². The van der Waals surface area contributed by atoms with Crippen molar-refractivity contribution in [2.24, 2.45) is 0 Å². The number of anilines is 1. The number of para-hydroxylation sites is 3. The summed E-state index contributed by atoms with van der Waals surface area (Å²) in [6.07, 6.45) is 0. The standard InChI is InChI=1S/C18H22N2O3/c1-3-23-17-11-7-5-9-15(17)19-13-18(21)20-12-14-8-4-6-10-16(14)22-2/h4-11,19H,3,12-13H2,1-2H3,(H,20,21). The molecule has 0 heterocycles. The Morgan fingerprint density at radius 3 is 2.48 bits per heavy atom. The van der Waals surface area contributed by atoms with Crippen LogP contribution in [0, 0.1) is 0 Å². The van der Waals surface area contributed by atoms with E-state index in [9.17, 15) is 4.79 Å². The first-order valence-corrected chi connectivity index (χ1v) is 7.59. The molecule has 0 saturated heterocycles. The second-order valence-corrected chi connectivity index (χ2v) is 4.87. The highest BCUT2D eigenvalue weighted by Crippen LogP contribution is 2.23. The van der Waals surface area contributed by atoms with Gasteiger partial charge in [-0.05, 0) is 25.1 Å². The zero-order chi connectivity index (χ0) is 16.5. The van der Waals surface area contributed by atoms with Gasteiger partial charge >= 0.3 is 0 Å². The van der Waals surface area contributed by atoms with Crippen LogP contribution in [0.2, 0.25) is 0 Å². The number of hydrogen-bond acceptors (Lipinski definition) is 4. The highest BCUT2D eigenvalue weighted by Gasteiger charge is 2.07. The van der Waals surface area contributed by atoms with E-state index in [2.05, 4.69) is 10.6 Å². The minimum Gasteiger partial charge on any atom is -0.496 e. The van der Waals surface area contributed by atoms with Crippen LogP contribution in [0.1, 0.15) is 12.5 Å². The maximum absolute atomic E-state index is 12.0. The molecule has 23 heavy (non-hydrogen) atoms. The van der Waals surface area contributed by atoms with Crippen molar-refractivity contribution in [3.05, 3.63) is 54.1 Å². The zero-order valence-electron chi connectivity index (χ0n) is 13.5. The molecule has 0 aliphatic carbocycles. The van der Waals surface area contributed by atoms with E-state index >= 15 is 0 Å². The molecule has 0 spiro atoms. The first kappa shape index (κ1) is 16.7. The molecule has 2 aromatic rings. The normalized spacial score (nSPS) is 10.0. The number of rotatable bonds is 8. The topological polar surface area (TPSA) is 59.6 Å². The molecule has 0 atom stereocenters. The molecule has 0 saturated carbocycles. The molecule has 0 radical (unpaired) electrons. The second-order valence-electron chi connectivity index (χ2n) is 4.87. The number of ether oxygens (including phenoxy) is 2. The van der Waals surface area contributed by atoms with Gasteiger partial charge in [-0.25, -0.2) is 0 Å². The Bertz CT molecular complexity index is 644. The maximum Gasteiger partial charge on any atom is 0.239 e. The molecule has 0 unspecified atom stereocenters. The lowest BCUT2D eigenvalue weighted by molar-refractivity contribution is -0.119. The average Bonchev–Trinajstić information content (AvgIpc) is 2.59. The lowest BCUT2D eigenvalue weighted by Gasteiger charge is -2.13. The van der Waals surface area contributed by atoms with Crippen LogP contribution in [0.15, 0.2) is 48.5 Å². The molecule has 0 aliphatic heterocycles. The summed E-state index contributed by atoms with van der Waals surface area (Å²) in [5.41, 5.74) is 1.75. The van der Waals surface area contributed by atoms with Crippen molar-refractivity contribution >= 4 is 11.6 Å².